The molecule has 92 valence electrons. The van der Waals surface area contributed by atoms with Crippen molar-refractivity contribution >= 4 is 12.0 Å². The summed E-state index contributed by atoms with van der Waals surface area (Å²) in [6.45, 7) is 5.10. The Morgan fingerprint density at radius 1 is 1.35 bits per heavy atom. The van der Waals surface area contributed by atoms with Crippen LogP contribution in [0.4, 0.5) is 4.79 Å². The zero-order chi connectivity index (χ0) is 13.3. The van der Waals surface area contributed by atoms with Crippen molar-refractivity contribution in [3.8, 4) is 0 Å². The van der Waals surface area contributed by atoms with Crippen molar-refractivity contribution in [2.45, 2.75) is 13.5 Å². The fourth-order valence-corrected chi connectivity index (χ4v) is 0.785. The number of primary amides is 1. The first-order valence-electron chi connectivity index (χ1n) is 4.89. The number of aliphatic carboxylic acids is 1. The van der Waals surface area contributed by atoms with Gasteiger partial charge in [0.05, 0.1) is 0 Å². The number of carbonyl (C=O) groups excluding carboxylic acids is 1. The van der Waals surface area contributed by atoms with Gasteiger partial charge in [0.1, 0.15) is 0 Å². The van der Waals surface area contributed by atoms with E-state index in [0.29, 0.717) is 6.54 Å². The highest BCUT2D eigenvalue weighted by Crippen LogP contribution is 1.96. The fraction of sp³-hybridized carbons (Fsp3) is 0.167. The van der Waals surface area contributed by atoms with Crippen LogP contribution >= 0.6 is 0 Å². The summed E-state index contributed by atoms with van der Waals surface area (Å²) >= 11 is 0. The molecule has 17 heavy (non-hydrogen) atoms. The number of nitrogens with one attached hydrogen (secondary N) is 1. The molecule has 0 aliphatic carbocycles. The van der Waals surface area contributed by atoms with Crippen molar-refractivity contribution in [1.82, 2.24) is 5.32 Å². The number of hydrogen-bond acceptors (Lipinski definition) is 2. The van der Waals surface area contributed by atoms with Gasteiger partial charge in [-0.25, -0.2) is 9.59 Å². The van der Waals surface area contributed by atoms with Crippen LogP contribution in [0.5, 0.6) is 0 Å². The predicted octanol–water partition coefficient (Wildman–Crippen LogP) is 1.50. The second-order valence-corrected chi connectivity index (χ2v) is 3.29. The van der Waals surface area contributed by atoms with E-state index in [2.05, 4.69) is 11.9 Å². The molecule has 0 atom stereocenters. The molecule has 0 bridgehead atoms. The van der Waals surface area contributed by atoms with Crippen molar-refractivity contribution < 1.29 is 14.7 Å². The number of carboxylic acids is 1. The van der Waals surface area contributed by atoms with Crippen LogP contribution in [-0.2, 0) is 11.3 Å². The molecule has 0 saturated heterocycles. The molecule has 0 fully saturated rings. The van der Waals surface area contributed by atoms with Gasteiger partial charge in [-0.3, -0.25) is 0 Å². The Morgan fingerprint density at radius 2 is 1.82 bits per heavy atom. The smallest absolute Gasteiger partial charge is 0.330 e. The second kappa shape index (κ2) is 7.92. The van der Waals surface area contributed by atoms with E-state index in [-0.39, 0.29) is 5.57 Å². The Hall–Kier alpha value is -2.30. The highest BCUT2D eigenvalue weighted by atomic mass is 16.4. The van der Waals surface area contributed by atoms with Gasteiger partial charge in [-0.15, -0.1) is 0 Å². The van der Waals surface area contributed by atoms with Gasteiger partial charge in [-0.05, 0) is 12.5 Å². The Bertz CT molecular complexity index is 376. The Balaban J connectivity index is 0.000000366. The molecule has 0 heterocycles. The molecule has 1 aromatic carbocycles. The van der Waals surface area contributed by atoms with Gasteiger partial charge in [-0.1, -0.05) is 36.9 Å². The van der Waals surface area contributed by atoms with Crippen molar-refractivity contribution in [2.24, 2.45) is 5.73 Å². The number of amides is 2. The molecule has 0 radical (unpaired) electrons. The number of nitrogens with two attached hydrogens (primary N) is 1. The molecule has 0 spiro atoms. The number of carbonyl (C=O) groups is 2. The van der Waals surface area contributed by atoms with Gasteiger partial charge >= 0.3 is 12.0 Å². The first kappa shape index (κ1) is 14.7. The maximum atomic E-state index is 10.3. The largest absolute Gasteiger partial charge is 0.478 e. The Labute approximate surface area is 99.9 Å². The van der Waals surface area contributed by atoms with Crippen LogP contribution < -0.4 is 11.1 Å². The average molecular weight is 236 g/mol. The highest BCUT2D eigenvalue weighted by Gasteiger charge is 1.91. The molecule has 1 aromatic rings. The molecule has 5 nitrogen and oxygen atoms in total. The van der Waals surface area contributed by atoms with E-state index in [0.717, 1.165) is 5.56 Å². The maximum Gasteiger partial charge on any atom is 0.330 e. The lowest BCUT2D eigenvalue weighted by atomic mass is 10.2. The minimum Gasteiger partial charge on any atom is -0.478 e. The van der Waals surface area contributed by atoms with Gasteiger partial charge in [0.2, 0.25) is 0 Å². The first-order chi connectivity index (χ1) is 7.93. The topological polar surface area (TPSA) is 92.4 Å². The van der Waals surface area contributed by atoms with Crippen LogP contribution in [0.3, 0.4) is 0 Å². The Kier molecular flexibility index (Phi) is 6.85. The minimum atomic E-state index is -0.935. The summed E-state index contributed by atoms with van der Waals surface area (Å²) in [5.74, 6) is -0.935. The van der Waals surface area contributed by atoms with Crippen molar-refractivity contribution in [2.75, 3.05) is 0 Å². The predicted molar refractivity (Wildman–Crippen MR) is 65.3 cm³/mol. The number of carboxylic acid groups (broad SMARTS) is 1. The lowest BCUT2D eigenvalue weighted by Gasteiger charge is -1.99. The molecule has 5 heteroatoms. The van der Waals surface area contributed by atoms with Gasteiger partial charge in [-0.2, -0.15) is 0 Å². The summed E-state index contributed by atoms with van der Waals surface area (Å²) in [7, 11) is 0. The van der Waals surface area contributed by atoms with E-state index < -0.39 is 12.0 Å². The third kappa shape index (κ3) is 8.68. The van der Waals surface area contributed by atoms with Crippen LogP contribution in [0.2, 0.25) is 0 Å². The first-order valence-corrected chi connectivity index (χ1v) is 4.89. The van der Waals surface area contributed by atoms with E-state index in [4.69, 9.17) is 10.8 Å². The zero-order valence-electron chi connectivity index (χ0n) is 9.64. The van der Waals surface area contributed by atoms with Gasteiger partial charge < -0.3 is 16.2 Å². The molecular formula is C12H16N2O3. The van der Waals surface area contributed by atoms with Crippen LogP contribution in [0.15, 0.2) is 42.5 Å². The van der Waals surface area contributed by atoms with Crippen LogP contribution in [0.1, 0.15) is 12.5 Å². The summed E-state index contributed by atoms with van der Waals surface area (Å²) in [4.78, 5) is 19.9. The van der Waals surface area contributed by atoms with E-state index in [1.54, 1.807) is 0 Å². The van der Waals surface area contributed by atoms with Gasteiger partial charge in [0, 0.05) is 12.1 Å². The summed E-state index contributed by atoms with van der Waals surface area (Å²) in [6.07, 6.45) is 0. The SMILES string of the molecule is C=C(C)C(=O)O.NC(=O)NCc1ccccc1. The number of benzene rings is 1. The van der Waals surface area contributed by atoms with Crippen molar-refractivity contribution in [3.05, 3.63) is 48.0 Å². The molecule has 4 N–H and O–H groups in total. The lowest BCUT2D eigenvalue weighted by molar-refractivity contribution is -0.132. The molecule has 0 saturated carbocycles. The van der Waals surface area contributed by atoms with Crippen LogP contribution in [0.25, 0.3) is 0 Å². The molecule has 0 aliphatic heterocycles. The quantitative estimate of drug-likeness (QED) is 0.694. The molecular weight excluding hydrogens is 220 g/mol. The third-order valence-electron chi connectivity index (χ3n) is 1.67. The standard InChI is InChI=1S/C8H10N2O.C4H6O2/c9-8(11)10-6-7-4-2-1-3-5-7;1-3(2)4(5)6/h1-5H,6H2,(H3,9,10,11);1H2,2H3,(H,5,6). The minimum absolute atomic E-state index is 0.176. The van der Waals surface area contributed by atoms with Gasteiger partial charge in [0.25, 0.3) is 0 Å². The lowest BCUT2D eigenvalue weighted by Crippen LogP contribution is -2.28. The number of hydrogen-bond donors (Lipinski definition) is 3. The van der Waals surface area contributed by atoms with Crippen molar-refractivity contribution in [3.63, 3.8) is 0 Å². The average Bonchev–Trinajstić information content (AvgIpc) is 2.28. The summed E-state index contributed by atoms with van der Waals surface area (Å²) in [5.41, 5.74) is 6.11. The third-order valence-corrected chi connectivity index (χ3v) is 1.67. The fourth-order valence-electron chi connectivity index (χ4n) is 0.785. The summed E-state index contributed by atoms with van der Waals surface area (Å²) in [6, 6.07) is 9.12. The number of rotatable bonds is 3. The monoisotopic (exact) mass is 236 g/mol. The van der Waals surface area contributed by atoms with Gasteiger partial charge in [0.15, 0.2) is 0 Å². The van der Waals surface area contributed by atoms with Crippen molar-refractivity contribution in [1.29, 1.82) is 0 Å². The molecule has 1 rings (SSSR count). The highest BCUT2D eigenvalue weighted by molar-refractivity contribution is 5.84. The van der Waals surface area contributed by atoms with E-state index >= 15 is 0 Å². The Morgan fingerprint density at radius 3 is 2.18 bits per heavy atom. The zero-order valence-corrected chi connectivity index (χ0v) is 9.64. The molecule has 0 aliphatic rings. The summed E-state index contributed by atoms with van der Waals surface area (Å²) in [5, 5.41) is 10.4. The maximum absolute atomic E-state index is 10.3. The second-order valence-electron chi connectivity index (χ2n) is 3.29. The molecule has 0 aromatic heterocycles. The van der Waals surface area contributed by atoms with E-state index in [1.165, 1.54) is 6.92 Å². The normalized spacial score (nSPS) is 8.53. The molecule has 0 unspecified atom stereocenters. The van der Waals surface area contributed by atoms with Crippen LogP contribution in [0, 0.1) is 0 Å². The van der Waals surface area contributed by atoms with E-state index in [1.807, 2.05) is 30.3 Å². The van der Waals surface area contributed by atoms with E-state index in [9.17, 15) is 9.59 Å². The number of urea groups is 1. The molecule has 2 amide bonds. The summed E-state index contributed by atoms with van der Waals surface area (Å²) < 4.78 is 0. The van der Waals surface area contributed by atoms with Crippen LogP contribution in [-0.4, -0.2) is 17.1 Å².